The topological polar surface area (TPSA) is 106 Å². The maximum atomic E-state index is 5.69. The van der Waals surface area contributed by atoms with Crippen molar-refractivity contribution >= 4 is 29.7 Å². The van der Waals surface area contributed by atoms with Crippen LogP contribution in [0.25, 0.3) is 0 Å². The van der Waals surface area contributed by atoms with Crippen molar-refractivity contribution in [3.63, 3.8) is 0 Å². The monoisotopic (exact) mass is 463 g/mol. The Morgan fingerprint density at radius 1 is 0.941 bits per heavy atom. The van der Waals surface area contributed by atoms with E-state index in [-0.39, 0.29) is 0 Å². The fourth-order valence-corrected chi connectivity index (χ4v) is 3.34. The van der Waals surface area contributed by atoms with Gasteiger partial charge in [0.2, 0.25) is 17.8 Å². The lowest BCUT2D eigenvalue weighted by Crippen LogP contribution is -2.37. The first-order valence-corrected chi connectivity index (χ1v) is 11.3. The number of aromatic nitrogens is 3. The van der Waals surface area contributed by atoms with E-state index in [1.165, 1.54) is 0 Å². The first-order chi connectivity index (χ1) is 16.7. The van der Waals surface area contributed by atoms with E-state index < -0.39 is 0 Å². The molecule has 0 amide bonds. The molecule has 0 unspecified atom stereocenters. The van der Waals surface area contributed by atoms with E-state index in [4.69, 9.17) is 14.2 Å². The number of para-hydroxylation sites is 1. The van der Waals surface area contributed by atoms with E-state index >= 15 is 0 Å². The normalized spacial score (nSPS) is 13.6. The van der Waals surface area contributed by atoms with E-state index in [1.807, 2.05) is 62.4 Å². The summed E-state index contributed by atoms with van der Waals surface area (Å²) in [7, 11) is 0. The molecule has 10 heteroatoms. The quantitative estimate of drug-likeness (QED) is 0.344. The molecule has 2 aromatic carbocycles. The van der Waals surface area contributed by atoms with Gasteiger partial charge in [0.1, 0.15) is 0 Å². The van der Waals surface area contributed by atoms with Gasteiger partial charge in [-0.2, -0.15) is 20.1 Å². The third-order valence-corrected chi connectivity index (χ3v) is 4.89. The SMILES string of the molecule is CCOc1ccc(C=NNc2nc(Nc3ccccc3)nc(N3CCOCC3)n2)cc1OCC. The molecule has 1 fully saturated rings. The Balaban J connectivity index is 1.53. The van der Waals surface area contributed by atoms with Gasteiger partial charge in [0.15, 0.2) is 11.5 Å². The maximum Gasteiger partial charge on any atom is 0.250 e. The molecule has 1 aliphatic heterocycles. The van der Waals surface area contributed by atoms with Gasteiger partial charge in [0, 0.05) is 18.8 Å². The molecule has 0 radical (unpaired) electrons. The number of nitrogens with zero attached hydrogens (tertiary/aromatic N) is 5. The molecule has 0 bridgehead atoms. The smallest absolute Gasteiger partial charge is 0.250 e. The van der Waals surface area contributed by atoms with Crippen LogP contribution in [0, 0.1) is 0 Å². The van der Waals surface area contributed by atoms with E-state index in [0.29, 0.717) is 68.9 Å². The highest BCUT2D eigenvalue weighted by molar-refractivity contribution is 5.81. The second-order valence-corrected chi connectivity index (χ2v) is 7.32. The average molecular weight is 464 g/mol. The summed E-state index contributed by atoms with van der Waals surface area (Å²) in [5, 5.41) is 7.56. The van der Waals surface area contributed by atoms with Gasteiger partial charge >= 0.3 is 0 Å². The fourth-order valence-electron chi connectivity index (χ4n) is 3.34. The van der Waals surface area contributed by atoms with E-state index in [2.05, 4.69) is 35.7 Å². The molecule has 0 saturated carbocycles. The Morgan fingerprint density at radius 3 is 2.44 bits per heavy atom. The van der Waals surface area contributed by atoms with Crippen molar-refractivity contribution in [3.8, 4) is 11.5 Å². The molecule has 178 valence electrons. The number of rotatable bonds is 10. The number of hydrogen-bond donors (Lipinski definition) is 2. The summed E-state index contributed by atoms with van der Waals surface area (Å²) in [6.45, 7) is 7.68. The second kappa shape index (κ2) is 11.8. The van der Waals surface area contributed by atoms with Gasteiger partial charge in [0.05, 0.1) is 32.6 Å². The Labute approximate surface area is 199 Å². The van der Waals surface area contributed by atoms with Crippen molar-refractivity contribution in [2.75, 3.05) is 55.2 Å². The molecular weight excluding hydrogens is 434 g/mol. The van der Waals surface area contributed by atoms with Gasteiger partial charge in [0.25, 0.3) is 0 Å². The Kier molecular flexibility index (Phi) is 8.07. The largest absolute Gasteiger partial charge is 0.490 e. The number of morpholine rings is 1. The van der Waals surface area contributed by atoms with Gasteiger partial charge in [-0.1, -0.05) is 18.2 Å². The number of hydrazone groups is 1. The van der Waals surface area contributed by atoms with Crippen LogP contribution in [0.4, 0.5) is 23.5 Å². The minimum absolute atomic E-state index is 0.335. The number of anilines is 4. The molecule has 3 aromatic rings. The first-order valence-electron chi connectivity index (χ1n) is 11.3. The van der Waals surface area contributed by atoms with Crippen molar-refractivity contribution in [3.05, 3.63) is 54.1 Å². The molecule has 34 heavy (non-hydrogen) atoms. The third-order valence-electron chi connectivity index (χ3n) is 4.89. The van der Waals surface area contributed by atoms with Crippen LogP contribution in [0.15, 0.2) is 53.6 Å². The Morgan fingerprint density at radius 2 is 1.68 bits per heavy atom. The lowest BCUT2D eigenvalue weighted by Gasteiger charge is -2.27. The number of ether oxygens (including phenoxy) is 3. The summed E-state index contributed by atoms with van der Waals surface area (Å²) in [6.07, 6.45) is 1.68. The first kappa shape index (κ1) is 23.2. The van der Waals surface area contributed by atoms with Crippen LogP contribution in [0.2, 0.25) is 0 Å². The van der Waals surface area contributed by atoms with Crippen LogP contribution in [-0.4, -0.2) is 60.7 Å². The zero-order valence-electron chi connectivity index (χ0n) is 19.4. The highest BCUT2D eigenvalue weighted by Crippen LogP contribution is 2.28. The second-order valence-electron chi connectivity index (χ2n) is 7.32. The molecule has 1 aromatic heterocycles. The summed E-state index contributed by atoms with van der Waals surface area (Å²) >= 11 is 0. The van der Waals surface area contributed by atoms with E-state index in [0.717, 1.165) is 11.3 Å². The van der Waals surface area contributed by atoms with Gasteiger partial charge in [-0.25, -0.2) is 5.43 Å². The summed E-state index contributed by atoms with van der Waals surface area (Å²) in [6, 6.07) is 15.4. The van der Waals surface area contributed by atoms with Gasteiger partial charge < -0.3 is 24.4 Å². The number of hydrogen-bond acceptors (Lipinski definition) is 10. The van der Waals surface area contributed by atoms with E-state index in [1.54, 1.807) is 6.21 Å². The molecule has 10 nitrogen and oxygen atoms in total. The van der Waals surface area contributed by atoms with Crippen LogP contribution in [0.5, 0.6) is 11.5 Å². The van der Waals surface area contributed by atoms with Crippen LogP contribution >= 0.6 is 0 Å². The molecule has 4 rings (SSSR count). The zero-order valence-corrected chi connectivity index (χ0v) is 19.4. The van der Waals surface area contributed by atoms with Crippen molar-refractivity contribution in [2.45, 2.75) is 13.8 Å². The lowest BCUT2D eigenvalue weighted by molar-refractivity contribution is 0.122. The molecule has 1 aliphatic rings. The van der Waals surface area contributed by atoms with Crippen molar-refractivity contribution in [2.24, 2.45) is 5.10 Å². The van der Waals surface area contributed by atoms with Crippen LogP contribution in [0.3, 0.4) is 0 Å². The lowest BCUT2D eigenvalue weighted by atomic mass is 10.2. The van der Waals surface area contributed by atoms with Crippen LogP contribution in [0.1, 0.15) is 19.4 Å². The standard InChI is InChI=1S/C24H29N7O3/c1-3-33-20-11-10-18(16-21(20)34-4-2)17-25-30-23-27-22(26-19-8-6-5-7-9-19)28-24(29-23)31-12-14-32-15-13-31/h5-11,16-17H,3-4,12-15H2,1-2H3,(H2,26,27,28,29,30). The maximum absolute atomic E-state index is 5.69. The fraction of sp³-hybridized carbons (Fsp3) is 0.333. The van der Waals surface area contributed by atoms with Gasteiger partial charge in [-0.15, -0.1) is 0 Å². The summed E-state index contributed by atoms with van der Waals surface area (Å²) in [4.78, 5) is 15.7. The summed E-state index contributed by atoms with van der Waals surface area (Å²) in [5.74, 6) is 2.72. The van der Waals surface area contributed by atoms with Crippen molar-refractivity contribution in [1.82, 2.24) is 15.0 Å². The van der Waals surface area contributed by atoms with Crippen LogP contribution < -0.4 is 25.1 Å². The minimum atomic E-state index is 0.335. The zero-order chi connectivity index (χ0) is 23.6. The van der Waals surface area contributed by atoms with Crippen molar-refractivity contribution < 1.29 is 14.2 Å². The minimum Gasteiger partial charge on any atom is -0.490 e. The number of nitrogens with one attached hydrogen (secondary N) is 2. The van der Waals surface area contributed by atoms with Gasteiger partial charge in [-0.05, 0) is 49.7 Å². The summed E-state index contributed by atoms with van der Waals surface area (Å²) in [5.41, 5.74) is 4.66. The molecule has 0 aliphatic carbocycles. The predicted molar refractivity (Wildman–Crippen MR) is 133 cm³/mol. The molecular formula is C24H29N7O3. The predicted octanol–water partition coefficient (Wildman–Crippen LogP) is 3.70. The van der Waals surface area contributed by atoms with Gasteiger partial charge in [-0.3, -0.25) is 0 Å². The highest BCUT2D eigenvalue weighted by Gasteiger charge is 2.16. The van der Waals surface area contributed by atoms with E-state index in [9.17, 15) is 0 Å². The molecule has 1 saturated heterocycles. The number of benzene rings is 2. The van der Waals surface area contributed by atoms with Crippen molar-refractivity contribution in [1.29, 1.82) is 0 Å². The molecule has 0 atom stereocenters. The third kappa shape index (κ3) is 6.32. The summed E-state index contributed by atoms with van der Waals surface area (Å²) < 4.78 is 16.8. The average Bonchev–Trinajstić information content (AvgIpc) is 2.87. The molecule has 0 spiro atoms. The Hall–Kier alpha value is -3.92. The molecule has 2 N–H and O–H groups in total. The molecule has 2 heterocycles. The van der Waals surface area contributed by atoms with Crippen LogP contribution in [-0.2, 0) is 4.74 Å². The highest BCUT2D eigenvalue weighted by atomic mass is 16.5. The Bertz CT molecular complexity index is 1090.